The van der Waals surface area contributed by atoms with Gasteiger partial charge in [-0.05, 0) is 50.6 Å². The summed E-state index contributed by atoms with van der Waals surface area (Å²) < 4.78 is 10.9. The van der Waals surface area contributed by atoms with Crippen molar-refractivity contribution in [3.8, 4) is 11.5 Å². The standard InChI is InChI=1S/C20H34N4O3.HI/c1-4-21-20(23-15-17-7-6-10-24(17)5-2)22-14-16-8-9-18(27-12-11-25)19(13-16)26-3;/h8-9,13,17,25H,4-7,10-12,14-15H2,1-3H3,(H2,21,22,23);1H. The first kappa shape index (κ1) is 24.8. The Hall–Kier alpha value is -1.26. The summed E-state index contributed by atoms with van der Waals surface area (Å²) in [6.07, 6.45) is 2.52. The number of halogens is 1. The molecule has 0 saturated carbocycles. The molecule has 2 rings (SSSR count). The number of aliphatic hydroxyl groups is 1. The molecule has 7 nitrogen and oxygen atoms in total. The third-order valence-electron chi connectivity index (χ3n) is 4.75. The Labute approximate surface area is 185 Å². The van der Waals surface area contributed by atoms with Gasteiger partial charge in [0.15, 0.2) is 17.5 Å². The SMILES string of the molecule is CCNC(=NCc1ccc(OCCO)c(OC)c1)NCC1CCCN1CC.I. The fourth-order valence-corrected chi connectivity index (χ4v) is 3.35. The minimum absolute atomic E-state index is 0. The van der Waals surface area contributed by atoms with Crippen molar-refractivity contribution in [3.05, 3.63) is 23.8 Å². The Kier molecular flexibility index (Phi) is 12.2. The topological polar surface area (TPSA) is 78.4 Å². The summed E-state index contributed by atoms with van der Waals surface area (Å²) in [5.41, 5.74) is 1.04. The molecular weight excluding hydrogens is 471 g/mol. The number of hydrogen-bond donors (Lipinski definition) is 3. The van der Waals surface area contributed by atoms with Crippen LogP contribution in [0.5, 0.6) is 11.5 Å². The van der Waals surface area contributed by atoms with Gasteiger partial charge in [0.2, 0.25) is 0 Å². The Morgan fingerprint density at radius 1 is 1.29 bits per heavy atom. The van der Waals surface area contributed by atoms with E-state index in [0.29, 0.717) is 24.1 Å². The molecule has 160 valence electrons. The van der Waals surface area contributed by atoms with Gasteiger partial charge in [0.05, 0.1) is 20.3 Å². The molecular formula is C20H35IN4O3. The van der Waals surface area contributed by atoms with Gasteiger partial charge in [0.25, 0.3) is 0 Å². The second-order valence-corrected chi connectivity index (χ2v) is 6.56. The van der Waals surface area contributed by atoms with Crippen LogP contribution in [0, 0.1) is 0 Å². The molecule has 0 aromatic heterocycles. The predicted octanol–water partition coefficient (Wildman–Crippen LogP) is 2.22. The van der Waals surface area contributed by atoms with Crippen molar-refractivity contribution in [2.24, 2.45) is 4.99 Å². The van der Waals surface area contributed by atoms with Gasteiger partial charge in [-0.2, -0.15) is 0 Å². The van der Waals surface area contributed by atoms with E-state index in [-0.39, 0.29) is 37.2 Å². The van der Waals surface area contributed by atoms with Crippen molar-refractivity contribution in [2.45, 2.75) is 39.3 Å². The largest absolute Gasteiger partial charge is 0.493 e. The minimum atomic E-state index is -0.0244. The Morgan fingerprint density at radius 3 is 2.79 bits per heavy atom. The third kappa shape index (κ3) is 7.63. The number of benzene rings is 1. The fraction of sp³-hybridized carbons (Fsp3) is 0.650. The highest BCUT2D eigenvalue weighted by atomic mass is 127. The van der Waals surface area contributed by atoms with Crippen LogP contribution in [0.1, 0.15) is 32.3 Å². The summed E-state index contributed by atoms with van der Waals surface area (Å²) in [4.78, 5) is 7.22. The summed E-state index contributed by atoms with van der Waals surface area (Å²) in [5.74, 6) is 2.11. The molecule has 1 saturated heterocycles. The average Bonchev–Trinajstić information content (AvgIpc) is 3.16. The lowest BCUT2D eigenvalue weighted by Gasteiger charge is -2.24. The van der Waals surface area contributed by atoms with Gasteiger partial charge in [-0.15, -0.1) is 24.0 Å². The first-order valence-electron chi connectivity index (χ1n) is 9.88. The summed E-state index contributed by atoms with van der Waals surface area (Å²) in [6, 6.07) is 6.34. The van der Waals surface area contributed by atoms with Crippen LogP contribution in [-0.4, -0.2) is 68.5 Å². The number of nitrogens with one attached hydrogen (secondary N) is 2. The van der Waals surface area contributed by atoms with Gasteiger partial charge in [-0.1, -0.05) is 13.0 Å². The number of aliphatic imine (C=N–C) groups is 1. The number of likely N-dealkylation sites (tertiary alicyclic amines) is 1. The van der Waals surface area contributed by atoms with Gasteiger partial charge in [0.1, 0.15) is 6.61 Å². The van der Waals surface area contributed by atoms with Crippen LogP contribution in [0.25, 0.3) is 0 Å². The molecule has 1 aliphatic rings. The highest BCUT2D eigenvalue weighted by molar-refractivity contribution is 14.0. The summed E-state index contributed by atoms with van der Waals surface area (Å²) >= 11 is 0. The number of hydrogen-bond acceptors (Lipinski definition) is 5. The number of methoxy groups -OCH3 is 1. The number of nitrogens with zero attached hydrogens (tertiary/aromatic N) is 2. The van der Waals surface area contributed by atoms with Crippen molar-refractivity contribution in [2.75, 3.05) is 46.5 Å². The van der Waals surface area contributed by atoms with E-state index in [1.807, 2.05) is 18.2 Å². The number of likely N-dealkylation sites (N-methyl/N-ethyl adjacent to an activating group) is 1. The second kappa shape index (κ2) is 13.8. The molecule has 1 unspecified atom stereocenters. The summed E-state index contributed by atoms with van der Waals surface area (Å²) in [7, 11) is 1.61. The van der Waals surface area contributed by atoms with E-state index in [1.54, 1.807) is 7.11 Å². The van der Waals surface area contributed by atoms with Gasteiger partial charge in [-0.25, -0.2) is 4.99 Å². The molecule has 3 N–H and O–H groups in total. The average molecular weight is 506 g/mol. The van der Waals surface area contributed by atoms with Crippen molar-refractivity contribution in [1.82, 2.24) is 15.5 Å². The lowest BCUT2D eigenvalue weighted by atomic mass is 10.2. The lowest BCUT2D eigenvalue weighted by molar-refractivity contribution is 0.196. The monoisotopic (exact) mass is 506 g/mol. The number of ether oxygens (including phenoxy) is 2. The van der Waals surface area contributed by atoms with Gasteiger partial charge < -0.3 is 25.2 Å². The summed E-state index contributed by atoms with van der Waals surface area (Å²) in [6.45, 7) is 9.10. The van der Waals surface area contributed by atoms with Crippen LogP contribution in [0.4, 0.5) is 0 Å². The molecule has 8 heteroatoms. The molecule has 1 fully saturated rings. The van der Waals surface area contributed by atoms with Crippen molar-refractivity contribution >= 4 is 29.9 Å². The van der Waals surface area contributed by atoms with Gasteiger partial charge >= 0.3 is 0 Å². The first-order valence-corrected chi connectivity index (χ1v) is 9.88. The van der Waals surface area contributed by atoms with Crippen LogP contribution < -0.4 is 20.1 Å². The molecule has 1 aliphatic heterocycles. The summed E-state index contributed by atoms with van der Waals surface area (Å²) in [5, 5.41) is 15.7. The molecule has 28 heavy (non-hydrogen) atoms. The van der Waals surface area contributed by atoms with Crippen molar-refractivity contribution in [3.63, 3.8) is 0 Å². The molecule has 0 amide bonds. The molecule has 1 atom stereocenters. The molecule has 1 aromatic rings. The molecule has 1 aromatic carbocycles. The van der Waals surface area contributed by atoms with E-state index < -0.39 is 0 Å². The number of guanidine groups is 1. The van der Waals surface area contributed by atoms with Gasteiger partial charge in [-0.3, -0.25) is 4.90 Å². The van der Waals surface area contributed by atoms with Crippen molar-refractivity contribution < 1.29 is 14.6 Å². The Morgan fingerprint density at radius 2 is 2.11 bits per heavy atom. The van der Waals surface area contributed by atoms with E-state index in [9.17, 15) is 0 Å². The first-order chi connectivity index (χ1) is 13.2. The van der Waals surface area contributed by atoms with E-state index in [0.717, 1.165) is 31.2 Å². The van der Waals surface area contributed by atoms with Crippen LogP contribution in [-0.2, 0) is 6.54 Å². The maximum Gasteiger partial charge on any atom is 0.191 e. The van der Waals surface area contributed by atoms with E-state index in [1.165, 1.54) is 19.4 Å². The maximum atomic E-state index is 8.90. The molecule has 0 aliphatic carbocycles. The highest BCUT2D eigenvalue weighted by Gasteiger charge is 2.22. The number of aliphatic hydroxyl groups excluding tert-OH is 1. The van der Waals surface area contributed by atoms with Crippen LogP contribution in [0.3, 0.4) is 0 Å². The highest BCUT2D eigenvalue weighted by Crippen LogP contribution is 2.28. The van der Waals surface area contributed by atoms with E-state index in [2.05, 4.69) is 29.4 Å². The van der Waals surface area contributed by atoms with E-state index >= 15 is 0 Å². The smallest absolute Gasteiger partial charge is 0.191 e. The molecule has 0 bridgehead atoms. The van der Waals surface area contributed by atoms with Crippen molar-refractivity contribution in [1.29, 1.82) is 0 Å². The maximum absolute atomic E-state index is 8.90. The zero-order valence-electron chi connectivity index (χ0n) is 17.2. The fourth-order valence-electron chi connectivity index (χ4n) is 3.35. The Balaban J connectivity index is 0.00000392. The molecule has 1 heterocycles. The van der Waals surface area contributed by atoms with Crippen LogP contribution in [0.2, 0.25) is 0 Å². The molecule has 0 radical (unpaired) electrons. The second-order valence-electron chi connectivity index (χ2n) is 6.56. The predicted molar refractivity (Wildman–Crippen MR) is 124 cm³/mol. The van der Waals surface area contributed by atoms with Crippen LogP contribution >= 0.6 is 24.0 Å². The Bertz CT molecular complexity index is 601. The quantitative estimate of drug-likeness (QED) is 0.257. The normalized spacial score (nSPS) is 17.1. The number of rotatable bonds is 10. The van der Waals surface area contributed by atoms with Gasteiger partial charge in [0, 0.05) is 19.1 Å². The van der Waals surface area contributed by atoms with Crippen LogP contribution in [0.15, 0.2) is 23.2 Å². The van der Waals surface area contributed by atoms with E-state index in [4.69, 9.17) is 19.6 Å². The zero-order valence-corrected chi connectivity index (χ0v) is 19.6. The minimum Gasteiger partial charge on any atom is -0.493 e. The zero-order chi connectivity index (χ0) is 19.5. The molecule has 0 spiro atoms. The third-order valence-corrected chi connectivity index (χ3v) is 4.75. The lowest BCUT2D eigenvalue weighted by Crippen LogP contribution is -2.44.